The second-order valence-corrected chi connectivity index (χ2v) is 7.34. The van der Waals surface area contributed by atoms with Gasteiger partial charge in [-0.25, -0.2) is 0 Å². The summed E-state index contributed by atoms with van der Waals surface area (Å²) in [5.74, 6) is 0.697. The number of rotatable bonds is 5. The molecule has 0 spiro atoms. The molecule has 1 fully saturated rings. The van der Waals surface area contributed by atoms with Crippen LogP contribution >= 0.6 is 11.8 Å². The Balaban J connectivity index is 1.39. The van der Waals surface area contributed by atoms with Gasteiger partial charge in [-0.1, -0.05) is 29.1 Å². The third-order valence-electron chi connectivity index (χ3n) is 4.31. The van der Waals surface area contributed by atoms with Gasteiger partial charge >= 0.3 is 0 Å². The molecular formula is C20H16N4O4S. The SMILES string of the molecule is Cc1noc(-c2ccc(C(=O)Nc3ccc(CN4C(=O)CSC4=O)cc3)cc2)n1. The lowest BCUT2D eigenvalue weighted by Crippen LogP contribution is -2.27. The molecule has 3 amide bonds. The quantitative estimate of drug-likeness (QED) is 0.689. The van der Waals surface area contributed by atoms with Crippen molar-refractivity contribution in [3.8, 4) is 11.5 Å². The first-order valence-electron chi connectivity index (χ1n) is 8.78. The molecule has 1 N–H and O–H groups in total. The Labute approximate surface area is 170 Å². The van der Waals surface area contributed by atoms with E-state index in [4.69, 9.17) is 4.52 Å². The number of benzene rings is 2. The first kappa shape index (κ1) is 18.9. The topological polar surface area (TPSA) is 105 Å². The molecule has 0 saturated carbocycles. The van der Waals surface area contributed by atoms with Crippen LogP contribution in [0.3, 0.4) is 0 Å². The minimum absolute atomic E-state index is 0.184. The van der Waals surface area contributed by atoms with E-state index in [1.165, 1.54) is 4.90 Å². The Hall–Kier alpha value is -3.46. The molecular weight excluding hydrogens is 392 g/mol. The second kappa shape index (κ2) is 7.88. The average molecular weight is 408 g/mol. The van der Waals surface area contributed by atoms with E-state index in [9.17, 15) is 14.4 Å². The van der Waals surface area contributed by atoms with Crippen molar-refractivity contribution >= 4 is 34.5 Å². The van der Waals surface area contributed by atoms with E-state index in [-0.39, 0.29) is 29.4 Å². The number of nitrogens with one attached hydrogen (secondary N) is 1. The number of amides is 3. The third kappa shape index (κ3) is 4.19. The van der Waals surface area contributed by atoms with Crippen molar-refractivity contribution in [3.05, 3.63) is 65.5 Å². The number of aryl methyl sites for hydroxylation is 1. The van der Waals surface area contributed by atoms with Gasteiger partial charge in [-0.05, 0) is 48.9 Å². The number of carbonyl (C=O) groups is 3. The van der Waals surface area contributed by atoms with Gasteiger partial charge in [-0.15, -0.1) is 0 Å². The summed E-state index contributed by atoms with van der Waals surface area (Å²) < 4.78 is 5.11. The first-order chi connectivity index (χ1) is 14.0. The number of thioether (sulfide) groups is 1. The van der Waals surface area contributed by atoms with Crippen molar-refractivity contribution in [2.45, 2.75) is 13.5 Å². The van der Waals surface area contributed by atoms with Crippen molar-refractivity contribution in [1.29, 1.82) is 0 Å². The van der Waals surface area contributed by atoms with Crippen LogP contribution in [0.4, 0.5) is 10.5 Å². The molecule has 9 heteroatoms. The lowest BCUT2D eigenvalue weighted by atomic mass is 10.1. The molecule has 0 radical (unpaired) electrons. The maximum atomic E-state index is 12.5. The summed E-state index contributed by atoms with van der Waals surface area (Å²) in [6.45, 7) is 1.97. The molecule has 1 saturated heterocycles. The molecule has 0 bridgehead atoms. The van der Waals surface area contributed by atoms with Crippen molar-refractivity contribution < 1.29 is 18.9 Å². The minimum Gasteiger partial charge on any atom is -0.334 e. The van der Waals surface area contributed by atoms with Gasteiger partial charge in [0.25, 0.3) is 17.0 Å². The first-order valence-corrected chi connectivity index (χ1v) is 9.76. The van der Waals surface area contributed by atoms with E-state index in [0.717, 1.165) is 22.9 Å². The summed E-state index contributed by atoms with van der Waals surface area (Å²) in [5.41, 5.74) is 2.64. The standard InChI is InChI=1S/C20H16N4O4S/c1-12-21-19(28-23-12)15-6-4-14(5-7-15)18(26)22-16-8-2-13(3-9-16)10-24-17(25)11-29-20(24)27/h2-9H,10-11H2,1H3,(H,22,26). The van der Waals surface area contributed by atoms with Crippen LogP contribution in [0.5, 0.6) is 0 Å². The Morgan fingerprint density at radius 2 is 1.86 bits per heavy atom. The van der Waals surface area contributed by atoms with E-state index in [1.807, 2.05) is 0 Å². The maximum absolute atomic E-state index is 12.5. The number of aromatic nitrogens is 2. The summed E-state index contributed by atoms with van der Waals surface area (Å²) >= 11 is 1.01. The summed E-state index contributed by atoms with van der Waals surface area (Å²) in [6, 6.07) is 13.9. The highest BCUT2D eigenvalue weighted by atomic mass is 32.2. The van der Waals surface area contributed by atoms with Crippen molar-refractivity contribution in [1.82, 2.24) is 15.0 Å². The zero-order valence-electron chi connectivity index (χ0n) is 15.4. The Morgan fingerprint density at radius 3 is 2.45 bits per heavy atom. The fourth-order valence-corrected chi connectivity index (χ4v) is 3.52. The summed E-state index contributed by atoms with van der Waals surface area (Å²) in [4.78, 5) is 41.2. The van der Waals surface area contributed by atoms with Crippen molar-refractivity contribution in [2.75, 3.05) is 11.1 Å². The van der Waals surface area contributed by atoms with Crippen LogP contribution in [0, 0.1) is 6.92 Å². The molecule has 146 valence electrons. The fourth-order valence-electron chi connectivity index (χ4n) is 2.79. The monoisotopic (exact) mass is 408 g/mol. The van der Waals surface area contributed by atoms with Crippen LogP contribution in [0.15, 0.2) is 53.1 Å². The van der Waals surface area contributed by atoms with Crippen LogP contribution in [0.25, 0.3) is 11.5 Å². The molecule has 8 nitrogen and oxygen atoms in total. The van der Waals surface area contributed by atoms with Gasteiger partial charge in [0.1, 0.15) is 0 Å². The van der Waals surface area contributed by atoms with Crippen molar-refractivity contribution in [2.24, 2.45) is 0 Å². The van der Waals surface area contributed by atoms with Crippen LogP contribution < -0.4 is 5.32 Å². The predicted molar refractivity (Wildman–Crippen MR) is 107 cm³/mol. The highest BCUT2D eigenvalue weighted by Crippen LogP contribution is 2.22. The molecule has 4 rings (SSSR count). The summed E-state index contributed by atoms with van der Waals surface area (Å²) in [6.07, 6.45) is 0. The molecule has 2 heterocycles. The molecule has 1 aromatic heterocycles. The number of anilines is 1. The molecule has 2 aromatic carbocycles. The fraction of sp³-hybridized carbons (Fsp3) is 0.150. The number of nitrogens with zero attached hydrogens (tertiary/aromatic N) is 3. The largest absolute Gasteiger partial charge is 0.334 e. The Morgan fingerprint density at radius 1 is 1.14 bits per heavy atom. The second-order valence-electron chi connectivity index (χ2n) is 6.41. The minimum atomic E-state index is -0.257. The van der Waals surface area contributed by atoms with Gasteiger partial charge in [0.15, 0.2) is 5.82 Å². The Kier molecular flexibility index (Phi) is 5.13. The predicted octanol–water partition coefficient (Wildman–Crippen LogP) is 3.49. The molecule has 0 aliphatic carbocycles. The summed E-state index contributed by atoms with van der Waals surface area (Å²) in [7, 11) is 0. The van der Waals surface area contributed by atoms with E-state index >= 15 is 0 Å². The van der Waals surface area contributed by atoms with Gasteiger partial charge < -0.3 is 9.84 Å². The number of hydrogen-bond donors (Lipinski definition) is 1. The zero-order valence-corrected chi connectivity index (χ0v) is 16.2. The van der Waals surface area contributed by atoms with Crippen molar-refractivity contribution in [3.63, 3.8) is 0 Å². The zero-order chi connectivity index (χ0) is 20.4. The number of carbonyl (C=O) groups excluding carboxylic acids is 3. The van der Waals surface area contributed by atoms with Crippen LogP contribution in [-0.4, -0.2) is 37.8 Å². The third-order valence-corrected chi connectivity index (χ3v) is 5.17. The summed E-state index contributed by atoms with van der Waals surface area (Å²) in [5, 5.41) is 6.33. The van der Waals surface area contributed by atoms with Gasteiger partial charge in [0.05, 0.1) is 12.3 Å². The highest BCUT2D eigenvalue weighted by Gasteiger charge is 2.29. The van der Waals surface area contributed by atoms with Crippen LogP contribution in [0.2, 0.25) is 0 Å². The van der Waals surface area contributed by atoms with E-state index in [1.54, 1.807) is 55.5 Å². The van der Waals surface area contributed by atoms with Gasteiger partial charge in [-0.3, -0.25) is 19.3 Å². The van der Waals surface area contributed by atoms with E-state index in [0.29, 0.717) is 23.0 Å². The number of hydrogen-bond acceptors (Lipinski definition) is 7. The molecule has 3 aromatic rings. The lowest BCUT2D eigenvalue weighted by Gasteiger charge is -2.13. The van der Waals surface area contributed by atoms with Crippen LogP contribution in [-0.2, 0) is 11.3 Å². The van der Waals surface area contributed by atoms with Gasteiger partial charge in [0.2, 0.25) is 5.91 Å². The van der Waals surface area contributed by atoms with Crippen LogP contribution in [0.1, 0.15) is 21.7 Å². The van der Waals surface area contributed by atoms with Gasteiger partial charge in [0, 0.05) is 16.8 Å². The average Bonchev–Trinajstić information content (AvgIpc) is 3.30. The molecule has 29 heavy (non-hydrogen) atoms. The molecule has 1 aliphatic heterocycles. The lowest BCUT2D eigenvalue weighted by molar-refractivity contribution is -0.125. The number of imide groups is 1. The van der Waals surface area contributed by atoms with E-state index in [2.05, 4.69) is 15.5 Å². The maximum Gasteiger partial charge on any atom is 0.289 e. The molecule has 0 atom stereocenters. The molecule has 1 aliphatic rings. The molecule has 0 unspecified atom stereocenters. The Bertz CT molecular complexity index is 1060. The highest BCUT2D eigenvalue weighted by molar-refractivity contribution is 8.14. The normalized spacial score (nSPS) is 13.8. The van der Waals surface area contributed by atoms with E-state index < -0.39 is 0 Å². The smallest absolute Gasteiger partial charge is 0.289 e. The van der Waals surface area contributed by atoms with Gasteiger partial charge in [-0.2, -0.15) is 4.98 Å².